The maximum absolute atomic E-state index is 12.1. The van der Waals surface area contributed by atoms with Crippen molar-refractivity contribution in [3.8, 4) is 6.07 Å². The summed E-state index contributed by atoms with van der Waals surface area (Å²) < 4.78 is 0. The molecule has 0 spiro atoms. The van der Waals surface area contributed by atoms with Crippen LogP contribution < -0.4 is 5.32 Å². The zero-order valence-corrected chi connectivity index (χ0v) is 13.8. The lowest BCUT2D eigenvalue weighted by atomic mass is 9.76. The Kier molecular flexibility index (Phi) is 3.98. The van der Waals surface area contributed by atoms with Crippen LogP contribution in [0.3, 0.4) is 0 Å². The number of rotatable bonds is 2. The van der Waals surface area contributed by atoms with Crippen molar-refractivity contribution in [1.82, 2.24) is 10.2 Å². The van der Waals surface area contributed by atoms with Gasteiger partial charge in [0.05, 0.1) is 23.6 Å². The first-order chi connectivity index (χ1) is 11.4. The van der Waals surface area contributed by atoms with E-state index in [0.29, 0.717) is 12.0 Å². The molecule has 1 fully saturated rings. The zero-order valence-electron chi connectivity index (χ0n) is 13.8. The van der Waals surface area contributed by atoms with Crippen molar-refractivity contribution in [2.45, 2.75) is 25.3 Å². The molecule has 2 N–H and O–H groups in total. The number of allylic oxidation sites excluding steroid dienone is 3. The first-order valence-corrected chi connectivity index (χ1v) is 7.95. The van der Waals surface area contributed by atoms with Gasteiger partial charge in [0.2, 0.25) is 5.91 Å². The van der Waals surface area contributed by atoms with E-state index in [-0.39, 0.29) is 17.8 Å². The lowest BCUT2D eigenvalue weighted by Crippen LogP contribution is -2.62. The average molecular weight is 320 g/mol. The number of amides is 1. The lowest BCUT2D eigenvalue weighted by molar-refractivity contribution is -0.129. The summed E-state index contributed by atoms with van der Waals surface area (Å²) in [6.45, 7) is 2.00. The molecular weight excluding hydrogens is 300 g/mol. The molecule has 5 heteroatoms. The molecule has 2 aliphatic rings. The van der Waals surface area contributed by atoms with Crippen molar-refractivity contribution in [2.75, 3.05) is 7.05 Å². The highest BCUT2D eigenvalue weighted by Crippen LogP contribution is 2.34. The van der Waals surface area contributed by atoms with Gasteiger partial charge >= 0.3 is 0 Å². The van der Waals surface area contributed by atoms with Gasteiger partial charge in [-0.05, 0) is 36.6 Å². The second-order valence-corrected chi connectivity index (χ2v) is 6.57. The number of benzene rings is 1. The Morgan fingerprint density at radius 1 is 1.46 bits per heavy atom. The normalized spacial score (nSPS) is 26.6. The number of hydrogen-bond acceptors (Lipinski definition) is 3. The number of nitrogens with one attached hydrogen (secondary N) is 2. The number of nitrogens with zero attached hydrogens (tertiary/aromatic N) is 2. The van der Waals surface area contributed by atoms with Gasteiger partial charge in [-0.1, -0.05) is 30.4 Å². The van der Waals surface area contributed by atoms with Crippen LogP contribution in [0.15, 0.2) is 42.5 Å². The van der Waals surface area contributed by atoms with E-state index in [9.17, 15) is 4.79 Å². The summed E-state index contributed by atoms with van der Waals surface area (Å²) in [6, 6.07) is 9.71. The Labute approximate surface area is 141 Å². The van der Waals surface area contributed by atoms with Gasteiger partial charge in [-0.25, -0.2) is 0 Å². The molecule has 0 radical (unpaired) electrons. The van der Waals surface area contributed by atoms with E-state index in [1.165, 1.54) is 4.90 Å². The maximum atomic E-state index is 12.1. The minimum Gasteiger partial charge on any atom is -0.350 e. The first-order valence-electron chi connectivity index (χ1n) is 7.95. The summed E-state index contributed by atoms with van der Waals surface area (Å²) in [7, 11) is 1.62. The van der Waals surface area contributed by atoms with Gasteiger partial charge in [-0.3, -0.25) is 15.1 Å². The summed E-state index contributed by atoms with van der Waals surface area (Å²) in [5, 5.41) is 20.1. The van der Waals surface area contributed by atoms with Gasteiger partial charge < -0.3 is 5.32 Å². The van der Waals surface area contributed by atoms with E-state index in [1.807, 2.05) is 31.2 Å². The van der Waals surface area contributed by atoms with Gasteiger partial charge in [0, 0.05) is 13.0 Å². The molecule has 0 saturated carbocycles. The first kappa shape index (κ1) is 16.0. The van der Waals surface area contributed by atoms with Crippen molar-refractivity contribution in [3.05, 3.63) is 53.6 Å². The third-order valence-corrected chi connectivity index (χ3v) is 4.88. The summed E-state index contributed by atoms with van der Waals surface area (Å²) in [5.41, 5.74) is 2.30. The van der Waals surface area contributed by atoms with Crippen LogP contribution in [0.4, 0.5) is 0 Å². The Morgan fingerprint density at radius 3 is 2.88 bits per heavy atom. The molecular formula is C19H20N4O. The molecule has 122 valence electrons. The SMILES string of the molecule is CN1C(=N)N[C@](C)(C2C=CC(c3cccc(C#N)c3)=CC2)CC1=O. The van der Waals surface area contributed by atoms with Crippen LogP contribution in [0, 0.1) is 22.7 Å². The molecule has 1 aliphatic carbocycles. The van der Waals surface area contributed by atoms with Crippen molar-refractivity contribution < 1.29 is 4.79 Å². The number of nitriles is 1. The van der Waals surface area contributed by atoms with Crippen LogP contribution in [0.25, 0.3) is 5.57 Å². The quantitative estimate of drug-likeness (QED) is 0.879. The molecule has 0 aromatic heterocycles. The fourth-order valence-corrected chi connectivity index (χ4v) is 3.25. The smallest absolute Gasteiger partial charge is 0.231 e. The molecule has 1 unspecified atom stereocenters. The molecule has 1 aromatic rings. The van der Waals surface area contributed by atoms with E-state index in [1.54, 1.807) is 13.1 Å². The third kappa shape index (κ3) is 2.83. The Bertz CT molecular complexity index is 782. The van der Waals surface area contributed by atoms with E-state index in [4.69, 9.17) is 10.7 Å². The topological polar surface area (TPSA) is 80.0 Å². The minimum absolute atomic E-state index is 0.0360. The maximum Gasteiger partial charge on any atom is 0.231 e. The van der Waals surface area contributed by atoms with Gasteiger partial charge in [-0.2, -0.15) is 5.26 Å². The van der Waals surface area contributed by atoms with Crippen LogP contribution >= 0.6 is 0 Å². The van der Waals surface area contributed by atoms with Crippen molar-refractivity contribution in [3.63, 3.8) is 0 Å². The molecule has 1 saturated heterocycles. The van der Waals surface area contributed by atoms with Gasteiger partial charge in [-0.15, -0.1) is 0 Å². The molecule has 2 atom stereocenters. The van der Waals surface area contributed by atoms with E-state index < -0.39 is 5.54 Å². The monoisotopic (exact) mass is 320 g/mol. The summed E-state index contributed by atoms with van der Waals surface area (Å²) in [4.78, 5) is 13.4. The fraction of sp³-hybridized carbons (Fsp3) is 0.316. The zero-order chi connectivity index (χ0) is 17.3. The third-order valence-electron chi connectivity index (χ3n) is 4.88. The Hall–Kier alpha value is -2.87. The largest absolute Gasteiger partial charge is 0.350 e. The molecule has 0 bridgehead atoms. The average Bonchev–Trinajstić information content (AvgIpc) is 2.60. The highest BCUT2D eigenvalue weighted by atomic mass is 16.2. The predicted octanol–water partition coefficient (Wildman–Crippen LogP) is 2.66. The van der Waals surface area contributed by atoms with Crippen LogP contribution in [0.1, 0.15) is 30.9 Å². The summed E-state index contributed by atoms with van der Waals surface area (Å²) in [5.74, 6) is 0.253. The highest BCUT2D eigenvalue weighted by Gasteiger charge is 2.41. The second kappa shape index (κ2) is 5.97. The number of hydrogen-bond donors (Lipinski definition) is 2. The molecule has 3 rings (SSSR count). The molecule has 24 heavy (non-hydrogen) atoms. The molecule has 5 nitrogen and oxygen atoms in total. The van der Waals surface area contributed by atoms with Crippen molar-refractivity contribution in [1.29, 1.82) is 10.7 Å². The predicted molar refractivity (Wildman–Crippen MR) is 93.0 cm³/mol. The molecule has 1 aliphatic heterocycles. The fourth-order valence-electron chi connectivity index (χ4n) is 3.25. The van der Waals surface area contributed by atoms with Crippen molar-refractivity contribution >= 4 is 17.4 Å². The number of carbonyl (C=O) groups excluding carboxylic acids is 1. The van der Waals surface area contributed by atoms with Gasteiger partial charge in [0.1, 0.15) is 0 Å². The van der Waals surface area contributed by atoms with Crippen LogP contribution in [0.5, 0.6) is 0 Å². The van der Waals surface area contributed by atoms with Crippen molar-refractivity contribution in [2.24, 2.45) is 5.92 Å². The van der Waals surface area contributed by atoms with Crippen LogP contribution in [0.2, 0.25) is 0 Å². The van der Waals surface area contributed by atoms with Gasteiger partial charge in [0.25, 0.3) is 0 Å². The lowest BCUT2D eigenvalue weighted by Gasteiger charge is -2.43. The van der Waals surface area contributed by atoms with Crippen LogP contribution in [-0.2, 0) is 4.79 Å². The summed E-state index contributed by atoms with van der Waals surface area (Å²) in [6.07, 6.45) is 7.45. The van der Waals surface area contributed by atoms with Gasteiger partial charge in [0.15, 0.2) is 5.96 Å². The van der Waals surface area contributed by atoms with E-state index in [0.717, 1.165) is 17.6 Å². The minimum atomic E-state index is -0.451. The summed E-state index contributed by atoms with van der Waals surface area (Å²) >= 11 is 0. The number of carbonyl (C=O) groups is 1. The number of guanidine groups is 1. The Balaban J connectivity index is 1.78. The second-order valence-electron chi connectivity index (χ2n) is 6.57. The molecule has 1 aromatic carbocycles. The van der Waals surface area contributed by atoms with Crippen LogP contribution in [-0.4, -0.2) is 29.4 Å². The molecule has 1 heterocycles. The van der Waals surface area contributed by atoms with E-state index >= 15 is 0 Å². The Morgan fingerprint density at radius 2 is 2.25 bits per heavy atom. The molecule has 1 amide bonds. The highest BCUT2D eigenvalue weighted by molar-refractivity contribution is 5.98. The van der Waals surface area contributed by atoms with E-state index in [2.05, 4.69) is 23.5 Å². The standard InChI is InChI=1S/C19H20N4O/c1-19(11-17(24)23(2)18(21)22-19)16-8-6-14(7-9-16)15-5-3-4-13(10-15)12-20/h3-8,10,16H,9,11H2,1-2H3,(H2,21,22)/t16?,19-/m0/s1.